The fourth-order valence-electron chi connectivity index (χ4n) is 7.71. The molecule has 49 heavy (non-hydrogen) atoms. The summed E-state index contributed by atoms with van der Waals surface area (Å²) in [6, 6.07) is 54.1. The van der Waals surface area contributed by atoms with E-state index in [1.54, 1.807) is 0 Å². The van der Waals surface area contributed by atoms with Gasteiger partial charge in [0.25, 0.3) is 0 Å². The third-order valence-electron chi connectivity index (χ3n) is 9.75. The number of benzene rings is 7. The average Bonchev–Trinajstić information content (AvgIpc) is 3.82. The first-order chi connectivity index (χ1) is 24.2. The molecule has 226 valence electrons. The van der Waals surface area contributed by atoms with Gasteiger partial charge in [-0.15, -0.1) is 0 Å². The summed E-state index contributed by atoms with van der Waals surface area (Å²) < 4.78 is 10.6. The molecule has 0 saturated heterocycles. The van der Waals surface area contributed by atoms with E-state index >= 15 is 0 Å². The number of hydrogen-bond acceptors (Lipinski definition) is 3. The standard InChI is InChI=1S/C44H24N4O/c45-25-27-21-29(24-31(22-27)47-37-13-5-1-9-32(37)33-10-2-6-14-38(33)47)28-17-18-36(30(23-28)26-46)48-39-15-7-3-11-34(39)43-40(48)19-20-42-44(43)35-12-4-8-16-41(35)49-42/h1-24H. The number of para-hydroxylation sites is 4. The molecular formula is C44H24N4O. The van der Waals surface area contributed by atoms with Crippen molar-refractivity contribution in [3.63, 3.8) is 0 Å². The van der Waals surface area contributed by atoms with Crippen LogP contribution >= 0.6 is 0 Å². The third kappa shape index (κ3) is 3.85. The van der Waals surface area contributed by atoms with Gasteiger partial charge >= 0.3 is 0 Å². The van der Waals surface area contributed by atoms with Gasteiger partial charge in [-0.1, -0.05) is 78.9 Å². The molecule has 7 aromatic carbocycles. The van der Waals surface area contributed by atoms with Crippen LogP contribution in [0.2, 0.25) is 0 Å². The molecule has 0 amide bonds. The van der Waals surface area contributed by atoms with Gasteiger partial charge in [-0.25, -0.2) is 0 Å². The summed E-state index contributed by atoms with van der Waals surface area (Å²) in [7, 11) is 0. The molecule has 10 aromatic rings. The van der Waals surface area contributed by atoms with E-state index < -0.39 is 0 Å². The smallest absolute Gasteiger partial charge is 0.136 e. The van der Waals surface area contributed by atoms with E-state index in [4.69, 9.17) is 4.42 Å². The Morgan fingerprint density at radius 2 is 1.10 bits per heavy atom. The van der Waals surface area contributed by atoms with Gasteiger partial charge < -0.3 is 13.6 Å². The minimum atomic E-state index is 0.540. The van der Waals surface area contributed by atoms with E-state index in [0.29, 0.717) is 11.1 Å². The van der Waals surface area contributed by atoms with Gasteiger partial charge in [0.15, 0.2) is 0 Å². The van der Waals surface area contributed by atoms with Crippen LogP contribution in [0, 0.1) is 22.7 Å². The summed E-state index contributed by atoms with van der Waals surface area (Å²) in [6.45, 7) is 0. The molecular weight excluding hydrogens is 601 g/mol. The zero-order valence-electron chi connectivity index (χ0n) is 26.1. The topological polar surface area (TPSA) is 70.6 Å². The van der Waals surface area contributed by atoms with E-state index in [-0.39, 0.29) is 0 Å². The number of aromatic nitrogens is 2. The first kappa shape index (κ1) is 27.1. The summed E-state index contributed by atoms with van der Waals surface area (Å²) in [5.41, 5.74) is 10.4. The van der Waals surface area contributed by atoms with Crippen LogP contribution in [0.3, 0.4) is 0 Å². The largest absolute Gasteiger partial charge is 0.456 e. The highest BCUT2D eigenvalue weighted by Crippen LogP contribution is 2.42. The minimum absolute atomic E-state index is 0.540. The van der Waals surface area contributed by atoms with Crippen molar-refractivity contribution in [1.29, 1.82) is 10.5 Å². The Kier molecular flexibility index (Phi) is 5.64. The van der Waals surface area contributed by atoms with Gasteiger partial charge in [0.05, 0.1) is 45.0 Å². The lowest BCUT2D eigenvalue weighted by molar-refractivity contribution is 0.669. The van der Waals surface area contributed by atoms with Crippen molar-refractivity contribution in [3.05, 3.63) is 157 Å². The molecule has 0 aliphatic heterocycles. The SMILES string of the molecule is N#Cc1cc(-c2ccc(-n3c4ccccc4c4c5c(ccc43)oc3ccccc35)c(C#N)c2)cc(-n2c3ccccc3c3ccccc32)c1. The Balaban J connectivity index is 1.19. The van der Waals surface area contributed by atoms with Gasteiger partial charge in [-0.2, -0.15) is 10.5 Å². The third-order valence-corrected chi connectivity index (χ3v) is 9.75. The van der Waals surface area contributed by atoms with Gasteiger partial charge in [0.1, 0.15) is 17.2 Å². The average molecular weight is 625 g/mol. The van der Waals surface area contributed by atoms with Crippen molar-refractivity contribution in [2.75, 3.05) is 0 Å². The number of nitrogens with zero attached hydrogens (tertiary/aromatic N) is 4. The highest BCUT2D eigenvalue weighted by Gasteiger charge is 2.20. The minimum Gasteiger partial charge on any atom is -0.456 e. The second kappa shape index (κ2) is 10.2. The lowest BCUT2D eigenvalue weighted by Crippen LogP contribution is -1.99. The maximum atomic E-state index is 10.6. The lowest BCUT2D eigenvalue weighted by atomic mass is 9.99. The van der Waals surface area contributed by atoms with E-state index in [2.05, 4.69) is 100 Å². The summed E-state index contributed by atoms with van der Waals surface area (Å²) in [5.74, 6) is 0. The molecule has 0 aliphatic carbocycles. The quantitative estimate of drug-likeness (QED) is 0.196. The number of nitriles is 2. The second-order valence-corrected chi connectivity index (χ2v) is 12.4. The van der Waals surface area contributed by atoms with Gasteiger partial charge in [0, 0.05) is 38.0 Å². The van der Waals surface area contributed by atoms with Crippen LogP contribution in [0.1, 0.15) is 11.1 Å². The van der Waals surface area contributed by atoms with Crippen molar-refractivity contribution < 1.29 is 4.42 Å². The zero-order chi connectivity index (χ0) is 32.6. The second-order valence-electron chi connectivity index (χ2n) is 12.4. The van der Waals surface area contributed by atoms with Crippen LogP contribution in [-0.4, -0.2) is 9.13 Å². The van der Waals surface area contributed by atoms with E-state index in [1.165, 1.54) is 0 Å². The van der Waals surface area contributed by atoms with Gasteiger partial charge in [-0.05, 0) is 77.9 Å². The molecule has 10 rings (SSSR count). The number of hydrogen-bond donors (Lipinski definition) is 0. The predicted molar refractivity (Wildman–Crippen MR) is 197 cm³/mol. The normalized spacial score (nSPS) is 11.6. The molecule has 5 nitrogen and oxygen atoms in total. The number of rotatable bonds is 3. The molecule has 0 fully saturated rings. The Labute approximate surface area is 280 Å². The fourth-order valence-corrected chi connectivity index (χ4v) is 7.71. The van der Waals surface area contributed by atoms with E-state index in [0.717, 1.165) is 88.1 Å². The fraction of sp³-hybridized carbons (Fsp3) is 0. The Morgan fingerprint density at radius 3 is 1.82 bits per heavy atom. The van der Waals surface area contributed by atoms with Crippen LogP contribution in [0.15, 0.2) is 150 Å². The maximum Gasteiger partial charge on any atom is 0.136 e. The van der Waals surface area contributed by atoms with Crippen molar-refractivity contribution in [1.82, 2.24) is 9.13 Å². The molecule has 0 aliphatic rings. The molecule has 0 saturated carbocycles. The first-order valence-electron chi connectivity index (χ1n) is 16.1. The van der Waals surface area contributed by atoms with Crippen LogP contribution in [0.25, 0.3) is 88.1 Å². The maximum absolute atomic E-state index is 10.6. The Hall–Kier alpha value is -7.08. The van der Waals surface area contributed by atoms with E-state index in [1.807, 2.05) is 66.7 Å². The summed E-state index contributed by atoms with van der Waals surface area (Å²) in [6.07, 6.45) is 0. The van der Waals surface area contributed by atoms with E-state index in [9.17, 15) is 10.5 Å². The summed E-state index contributed by atoms with van der Waals surface area (Å²) in [4.78, 5) is 0. The Bertz CT molecular complexity index is 3030. The first-order valence-corrected chi connectivity index (χ1v) is 16.1. The summed E-state index contributed by atoms with van der Waals surface area (Å²) in [5, 5.41) is 27.4. The highest BCUT2D eigenvalue weighted by molar-refractivity contribution is 6.27. The van der Waals surface area contributed by atoms with Crippen molar-refractivity contribution >= 4 is 65.6 Å². The van der Waals surface area contributed by atoms with Crippen LogP contribution < -0.4 is 0 Å². The molecule has 3 aromatic heterocycles. The van der Waals surface area contributed by atoms with Gasteiger partial charge in [-0.3, -0.25) is 0 Å². The molecule has 0 atom stereocenters. The highest BCUT2D eigenvalue weighted by atomic mass is 16.3. The molecule has 3 heterocycles. The number of furan rings is 1. The predicted octanol–water partition coefficient (Wildman–Crippen LogP) is 11.2. The van der Waals surface area contributed by atoms with Crippen LogP contribution in [0.4, 0.5) is 0 Å². The molecule has 0 unspecified atom stereocenters. The van der Waals surface area contributed by atoms with Crippen LogP contribution in [0.5, 0.6) is 0 Å². The van der Waals surface area contributed by atoms with Crippen molar-refractivity contribution in [2.24, 2.45) is 0 Å². The molecule has 0 spiro atoms. The van der Waals surface area contributed by atoms with Gasteiger partial charge in [0.2, 0.25) is 0 Å². The number of fused-ring (bicyclic) bond motifs is 10. The molecule has 0 N–H and O–H groups in total. The van der Waals surface area contributed by atoms with Crippen molar-refractivity contribution in [3.8, 4) is 34.6 Å². The Morgan fingerprint density at radius 1 is 0.449 bits per heavy atom. The molecule has 0 radical (unpaired) electrons. The van der Waals surface area contributed by atoms with Crippen molar-refractivity contribution in [2.45, 2.75) is 0 Å². The monoisotopic (exact) mass is 624 g/mol. The zero-order valence-corrected chi connectivity index (χ0v) is 26.1. The summed E-state index contributed by atoms with van der Waals surface area (Å²) >= 11 is 0. The molecule has 0 bridgehead atoms. The van der Waals surface area contributed by atoms with Crippen LogP contribution in [-0.2, 0) is 0 Å². The lowest BCUT2D eigenvalue weighted by Gasteiger charge is -2.14. The molecule has 5 heteroatoms.